The summed E-state index contributed by atoms with van der Waals surface area (Å²) >= 11 is 0. The third-order valence-electron chi connectivity index (χ3n) is 7.19. The largest absolute Gasteiger partial charge is 0.450 e. The van der Waals surface area contributed by atoms with Crippen molar-refractivity contribution in [3.63, 3.8) is 0 Å². The molecule has 2 aromatic heterocycles. The maximum absolute atomic E-state index is 12.3. The maximum atomic E-state index is 12.3. The van der Waals surface area contributed by atoms with Gasteiger partial charge in [0.05, 0.1) is 43.5 Å². The molecule has 1 atom stereocenters. The number of ether oxygens (including phenoxy) is 2. The zero-order chi connectivity index (χ0) is 28.1. The van der Waals surface area contributed by atoms with Crippen LogP contribution in [0.2, 0.25) is 0 Å². The second-order valence-electron chi connectivity index (χ2n) is 9.88. The van der Waals surface area contributed by atoms with Crippen molar-refractivity contribution in [3.05, 3.63) is 30.5 Å². The fourth-order valence-electron chi connectivity index (χ4n) is 5.11. The maximum Gasteiger partial charge on any atom is 0.409 e. The van der Waals surface area contributed by atoms with Crippen LogP contribution in [-0.4, -0.2) is 95.5 Å². The smallest absolute Gasteiger partial charge is 0.409 e. The van der Waals surface area contributed by atoms with Gasteiger partial charge in [-0.25, -0.2) is 28.6 Å². The molecule has 2 aliphatic heterocycles. The molecule has 1 aromatic carbocycles. The van der Waals surface area contributed by atoms with Gasteiger partial charge in [-0.3, -0.25) is 0 Å². The van der Waals surface area contributed by atoms with Crippen LogP contribution in [0, 0.1) is 0 Å². The van der Waals surface area contributed by atoms with Crippen LogP contribution in [0.25, 0.3) is 22.4 Å². The van der Waals surface area contributed by atoms with E-state index in [-0.39, 0.29) is 24.7 Å². The normalized spacial score (nSPS) is 18.1. The summed E-state index contributed by atoms with van der Waals surface area (Å²) < 4.78 is 25.1. The van der Waals surface area contributed by atoms with Crippen LogP contribution in [0.5, 0.6) is 0 Å². The fourth-order valence-corrected chi connectivity index (χ4v) is 5.11. The molecule has 13 heteroatoms. The van der Waals surface area contributed by atoms with Gasteiger partial charge in [-0.05, 0) is 51.0 Å². The fraction of sp³-hybridized carbons (Fsp3) is 0.519. The molecular weight excluding hydrogens is 519 g/mol. The van der Waals surface area contributed by atoms with E-state index in [1.54, 1.807) is 24.0 Å². The number of aromatic nitrogens is 4. The van der Waals surface area contributed by atoms with Crippen LogP contribution >= 0.6 is 0 Å². The number of amides is 3. The molecule has 0 unspecified atom stereocenters. The number of fused-ring (bicyclic) bond motifs is 1. The van der Waals surface area contributed by atoms with Gasteiger partial charge in [0, 0.05) is 37.4 Å². The Bertz CT molecular complexity index is 1330. The van der Waals surface area contributed by atoms with Crippen LogP contribution in [0.3, 0.4) is 0 Å². The number of anilines is 2. The number of likely N-dealkylation sites (tertiary alicyclic amines) is 1. The molecule has 3 aromatic rings. The summed E-state index contributed by atoms with van der Waals surface area (Å²) in [6.45, 7) is 6.68. The second kappa shape index (κ2) is 12.5. The van der Waals surface area contributed by atoms with Gasteiger partial charge >= 0.3 is 12.1 Å². The summed E-state index contributed by atoms with van der Waals surface area (Å²) in [5.41, 5.74) is 2.09. The molecule has 4 heterocycles. The molecule has 2 fully saturated rings. The average Bonchev–Trinajstić information content (AvgIpc) is 3.41. The SMILES string of the molecule is CCOC(=O)N1CCC(n2ncc3c(N4CCOC[C@@H]4C)nc(-c4ccc(NC(=O)NCCF)cc4)nc32)CC1. The Morgan fingerprint density at radius 1 is 1.15 bits per heavy atom. The van der Waals surface area contributed by atoms with Crippen molar-refractivity contribution in [1.82, 2.24) is 30.0 Å². The summed E-state index contributed by atoms with van der Waals surface area (Å²) in [7, 11) is 0. The van der Waals surface area contributed by atoms with E-state index in [0.717, 1.165) is 35.3 Å². The molecular formula is C27H35FN8O4. The van der Waals surface area contributed by atoms with Gasteiger partial charge in [-0.15, -0.1) is 0 Å². The number of urea groups is 1. The van der Waals surface area contributed by atoms with Gasteiger partial charge in [0.25, 0.3) is 0 Å². The van der Waals surface area contributed by atoms with E-state index in [4.69, 9.17) is 24.5 Å². The first-order valence-corrected chi connectivity index (χ1v) is 13.7. The van der Waals surface area contributed by atoms with Crippen LogP contribution < -0.4 is 15.5 Å². The van der Waals surface area contributed by atoms with Gasteiger partial charge in [0.1, 0.15) is 12.5 Å². The van der Waals surface area contributed by atoms with Crippen molar-refractivity contribution in [2.45, 2.75) is 38.8 Å². The molecule has 2 aliphatic rings. The number of hydrogen-bond donors (Lipinski definition) is 2. The van der Waals surface area contributed by atoms with Crippen molar-refractivity contribution >= 4 is 34.7 Å². The standard InChI is InChI=1S/C27H35FN8O4/c1-3-40-27(38)34-12-8-21(9-13-34)36-25-22(16-30-36)24(35-14-15-39-17-18(35)2)32-23(33-25)19-4-6-20(7-5-19)31-26(37)29-11-10-28/h4-7,16,18,21H,3,8-15,17H2,1-2H3,(H2,29,31,37)/t18-/m0/s1. The number of nitrogens with zero attached hydrogens (tertiary/aromatic N) is 6. The topological polar surface area (TPSA) is 127 Å². The number of alkyl halides is 1. The lowest BCUT2D eigenvalue weighted by Crippen LogP contribution is -2.44. The summed E-state index contributed by atoms with van der Waals surface area (Å²) in [6.07, 6.45) is 3.03. The predicted molar refractivity (Wildman–Crippen MR) is 148 cm³/mol. The highest BCUT2D eigenvalue weighted by Crippen LogP contribution is 2.33. The van der Waals surface area contributed by atoms with Crippen molar-refractivity contribution in [3.8, 4) is 11.4 Å². The predicted octanol–water partition coefficient (Wildman–Crippen LogP) is 3.60. The summed E-state index contributed by atoms with van der Waals surface area (Å²) in [5.74, 6) is 1.35. The lowest BCUT2D eigenvalue weighted by atomic mass is 10.1. The Kier molecular flexibility index (Phi) is 8.58. The summed E-state index contributed by atoms with van der Waals surface area (Å²) in [5, 5.41) is 10.8. The molecule has 2 N–H and O–H groups in total. The van der Waals surface area contributed by atoms with Gasteiger partial charge in [0.15, 0.2) is 11.5 Å². The zero-order valence-electron chi connectivity index (χ0n) is 22.8. The lowest BCUT2D eigenvalue weighted by molar-refractivity contribution is 0.0919. The van der Waals surface area contributed by atoms with Gasteiger partial charge < -0.3 is 29.9 Å². The quantitative estimate of drug-likeness (QED) is 0.454. The molecule has 214 valence electrons. The first-order chi connectivity index (χ1) is 19.5. The minimum atomic E-state index is -0.628. The Balaban J connectivity index is 1.46. The van der Waals surface area contributed by atoms with E-state index >= 15 is 0 Å². The lowest BCUT2D eigenvalue weighted by Gasteiger charge is -2.34. The van der Waals surface area contributed by atoms with E-state index in [9.17, 15) is 14.0 Å². The number of rotatable bonds is 7. The minimum absolute atomic E-state index is 0.0456. The van der Waals surface area contributed by atoms with Gasteiger partial charge in [0.2, 0.25) is 0 Å². The van der Waals surface area contributed by atoms with Crippen LogP contribution in [-0.2, 0) is 9.47 Å². The van der Waals surface area contributed by atoms with E-state index in [0.29, 0.717) is 51.0 Å². The number of benzene rings is 1. The van der Waals surface area contributed by atoms with E-state index in [1.165, 1.54) is 0 Å². The van der Waals surface area contributed by atoms with Gasteiger partial charge in [-0.2, -0.15) is 5.10 Å². The first kappa shape index (κ1) is 27.6. The van der Waals surface area contributed by atoms with E-state index < -0.39 is 12.7 Å². The molecule has 0 spiro atoms. The molecule has 0 bridgehead atoms. The number of carbonyl (C=O) groups excluding carboxylic acids is 2. The number of hydrogen-bond acceptors (Lipinski definition) is 8. The molecule has 2 saturated heterocycles. The van der Waals surface area contributed by atoms with Gasteiger partial charge in [-0.1, -0.05) is 0 Å². The third kappa shape index (κ3) is 5.93. The first-order valence-electron chi connectivity index (χ1n) is 13.7. The Morgan fingerprint density at radius 3 is 2.62 bits per heavy atom. The van der Waals surface area contributed by atoms with Crippen LogP contribution in [0.1, 0.15) is 32.7 Å². The Hall–Kier alpha value is -4.00. The molecule has 5 rings (SSSR count). The van der Waals surface area contributed by atoms with Crippen molar-refractivity contribution < 1.29 is 23.5 Å². The van der Waals surface area contributed by atoms with Crippen molar-refractivity contribution in [2.75, 3.05) is 62.9 Å². The molecule has 40 heavy (non-hydrogen) atoms. The average molecular weight is 555 g/mol. The Morgan fingerprint density at radius 2 is 1.93 bits per heavy atom. The number of morpholine rings is 1. The number of halogens is 1. The molecule has 12 nitrogen and oxygen atoms in total. The monoisotopic (exact) mass is 554 g/mol. The van der Waals surface area contributed by atoms with Crippen molar-refractivity contribution in [2.24, 2.45) is 0 Å². The molecule has 0 aliphatic carbocycles. The third-order valence-corrected chi connectivity index (χ3v) is 7.19. The summed E-state index contributed by atoms with van der Waals surface area (Å²) in [6, 6.07) is 6.95. The van der Waals surface area contributed by atoms with Crippen LogP contribution in [0.4, 0.5) is 25.5 Å². The number of carbonyl (C=O) groups is 2. The minimum Gasteiger partial charge on any atom is -0.450 e. The number of nitrogens with one attached hydrogen (secondary N) is 2. The second-order valence-corrected chi connectivity index (χ2v) is 9.88. The highest BCUT2D eigenvalue weighted by atomic mass is 19.1. The zero-order valence-corrected chi connectivity index (χ0v) is 22.8. The molecule has 0 radical (unpaired) electrons. The highest BCUT2D eigenvalue weighted by molar-refractivity contribution is 5.90. The number of piperidine rings is 1. The van der Waals surface area contributed by atoms with E-state index in [1.807, 2.05) is 23.0 Å². The Labute approximate surface area is 231 Å². The van der Waals surface area contributed by atoms with E-state index in [2.05, 4.69) is 22.5 Å². The van der Waals surface area contributed by atoms with Crippen molar-refractivity contribution in [1.29, 1.82) is 0 Å². The highest BCUT2D eigenvalue weighted by Gasteiger charge is 2.29. The van der Waals surface area contributed by atoms with Crippen LogP contribution in [0.15, 0.2) is 30.5 Å². The molecule has 0 saturated carbocycles. The molecule has 3 amide bonds. The summed E-state index contributed by atoms with van der Waals surface area (Å²) in [4.78, 5) is 38.0.